The second-order valence-corrected chi connectivity index (χ2v) is 26.4. The van der Waals surface area contributed by atoms with Gasteiger partial charge in [-0.1, -0.05) is 264 Å². The van der Waals surface area contributed by atoms with Gasteiger partial charge < -0.3 is 89.9 Å². The van der Waals surface area contributed by atoms with Gasteiger partial charge in [-0.25, -0.2) is 0 Å². The molecular formula is C70H133NO18. The standard InChI is InChI=1S/C70H133NO18/c1-3-5-7-9-11-13-15-17-19-21-22-23-24-25-26-27-28-29-30-32-33-35-37-39-41-43-45-47-54(75)53(71-58(76)48-46-44-42-40-38-36-34-31-20-18-16-14-12-10-8-6-4-2)52-84-68-64(82)61(79)66(56(50-73)86-68)89-70-65(83)62(80)67(57(51-74)87-70)88-69-63(81)60(78)59(77)55(49-72)85-69/h18,20,53-57,59-70,72-75,77-83H,3-17,19,21-52H2,1-2H3,(H,71,76)/b20-18-. The zero-order chi connectivity index (χ0) is 64.7. The van der Waals surface area contributed by atoms with Crippen LogP contribution < -0.4 is 5.32 Å². The third-order valence-electron chi connectivity index (χ3n) is 18.6. The molecule has 89 heavy (non-hydrogen) atoms. The molecule has 0 aliphatic carbocycles. The van der Waals surface area contributed by atoms with Crippen molar-refractivity contribution in [3.8, 4) is 0 Å². The molecule has 3 heterocycles. The van der Waals surface area contributed by atoms with Gasteiger partial charge in [0.05, 0.1) is 38.6 Å². The maximum Gasteiger partial charge on any atom is 0.220 e. The molecule has 3 saturated heterocycles. The molecule has 0 spiro atoms. The quantitative estimate of drug-likeness (QED) is 0.0199. The van der Waals surface area contributed by atoms with Gasteiger partial charge >= 0.3 is 0 Å². The second-order valence-electron chi connectivity index (χ2n) is 26.4. The molecule has 17 atom stereocenters. The van der Waals surface area contributed by atoms with E-state index in [-0.39, 0.29) is 18.9 Å². The molecular weight excluding hydrogens is 1140 g/mol. The highest BCUT2D eigenvalue weighted by atomic mass is 16.8. The van der Waals surface area contributed by atoms with Crippen LogP contribution >= 0.6 is 0 Å². The second kappa shape index (κ2) is 52.8. The van der Waals surface area contributed by atoms with Gasteiger partial charge in [-0.3, -0.25) is 4.79 Å². The number of hydrogen-bond donors (Lipinski definition) is 12. The van der Waals surface area contributed by atoms with E-state index in [1.807, 2.05) is 0 Å². The zero-order valence-electron chi connectivity index (χ0n) is 55.7. The number of unbranched alkanes of at least 4 members (excludes halogenated alkanes) is 39. The first-order valence-electron chi connectivity index (χ1n) is 36.4. The molecule has 19 heteroatoms. The fraction of sp³-hybridized carbons (Fsp3) is 0.957. The van der Waals surface area contributed by atoms with Gasteiger partial charge in [-0.05, 0) is 38.5 Å². The van der Waals surface area contributed by atoms with Crippen molar-refractivity contribution >= 4 is 5.91 Å². The maximum atomic E-state index is 13.4. The van der Waals surface area contributed by atoms with Crippen LogP contribution in [-0.4, -0.2) is 193 Å². The van der Waals surface area contributed by atoms with Gasteiger partial charge in [0, 0.05) is 6.42 Å². The number of rotatable bonds is 57. The van der Waals surface area contributed by atoms with Crippen LogP contribution in [0.15, 0.2) is 12.2 Å². The first kappa shape index (κ1) is 81.8. The van der Waals surface area contributed by atoms with E-state index in [9.17, 15) is 61.0 Å². The Kier molecular flexibility index (Phi) is 48.5. The minimum atomic E-state index is -1.97. The summed E-state index contributed by atoms with van der Waals surface area (Å²) in [6.07, 6.45) is 31.5. The number of nitrogens with one attached hydrogen (secondary N) is 1. The molecule has 3 aliphatic rings. The van der Waals surface area contributed by atoms with Crippen molar-refractivity contribution in [3.05, 3.63) is 12.2 Å². The Morgan fingerprint density at radius 1 is 0.393 bits per heavy atom. The molecule has 12 N–H and O–H groups in total. The smallest absolute Gasteiger partial charge is 0.220 e. The average Bonchev–Trinajstić information content (AvgIpc) is 2.22. The molecule has 0 bridgehead atoms. The van der Waals surface area contributed by atoms with Crippen LogP contribution in [0.1, 0.15) is 296 Å². The number of carbonyl (C=O) groups is 1. The number of hydrogen-bond acceptors (Lipinski definition) is 18. The molecule has 0 aromatic carbocycles. The Labute approximate surface area is 537 Å². The monoisotopic (exact) mass is 1280 g/mol. The predicted molar refractivity (Wildman–Crippen MR) is 347 cm³/mol. The van der Waals surface area contributed by atoms with E-state index < -0.39 is 124 Å². The fourth-order valence-corrected chi connectivity index (χ4v) is 12.7. The van der Waals surface area contributed by atoms with E-state index in [1.54, 1.807) is 0 Å². The van der Waals surface area contributed by atoms with Crippen molar-refractivity contribution in [2.45, 2.75) is 401 Å². The third-order valence-corrected chi connectivity index (χ3v) is 18.6. The molecule has 3 aliphatic heterocycles. The first-order chi connectivity index (χ1) is 43.3. The molecule has 526 valence electrons. The van der Waals surface area contributed by atoms with E-state index in [0.29, 0.717) is 12.8 Å². The molecule has 17 unspecified atom stereocenters. The maximum absolute atomic E-state index is 13.4. The van der Waals surface area contributed by atoms with E-state index in [0.717, 1.165) is 57.8 Å². The summed E-state index contributed by atoms with van der Waals surface area (Å²) in [5.41, 5.74) is 0. The first-order valence-corrected chi connectivity index (χ1v) is 36.4. The summed E-state index contributed by atoms with van der Waals surface area (Å²) in [4.78, 5) is 13.4. The number of carbonyl (C=O) groups excluding carboxylic acids is 1. The molecule has 0 radical (unpaired) electrons. The van der Waals surface area contributed by atoms with E-state index in [4.69, 9.17) is 28.4 Å². The molecule has 3 fully saturated rings. The zero-order valence-corrected chi connectivity index (χ0v) is 55.7. The van der Waals surface area contributed by atoms with E-state index in [1.165, 1.54) is 205 Å². The highest BCUT2D eigenvalue weighted by molar-refractivity contribution is 5.76. The molecule has 1 amide bonds. The summed E-state index contributed by atoms with van der Waals surface area (Å²) >= 11 is 0. The summed E-state index contributed by atoms with van der Waals surface area (Å²) in [5, 5.41) is 121. The van der Waals surface area contributed by atoms with Crippen molar-refractivity contribution < 1.29 is 89.4 Å². The molecule has 0 aromatic heterocycles. The number of aliphatic hydroxyl groups is 11. The van der Waals surface area contributed by atoms with Gasteiger partial charge in [0.25, 0.3) is 0 Å². The lowest BCUT2D eigenvalue weighted by molar-refractivity contribution is -0.379. The van der Waals surface area contributed by atoms with Crippen LogP contribution in [0.4, 0.5) is 0 Å². The lowest BCUT2D eigenvalue weighted by Gasteiger charge is -2.48. The van der Waals surface area contributed by atoms with Gasteiger partial charge in [-0.15, -0.1) is 0 Å². The Balaban J connectivity index is 1.40. The van der Waals surface area contributed by atoms with Crippen molar-refractivity contribution in [1.82, 2.24) is 5.32 Å². The van der Waals surface area contributed by atoms with Crippen LogP contribution in [0, 0.1) is 0 Å². The number of ether oxygens (including phenoxy) is 6. The van der Waals surface area contributed by atoms with E-state index in [2.05, 4.69) is 31.3 Å². The van der Waals surface area contributed by atoms with Crippen molar-refractivity contribution in [2.24, 2.45) is 0 Å². The van der Waals surface area contributed by atoms with Crippen LogP contribution in [-0.2, 0) is 33.2 Å². The highest BCUT2D eigenvalue weighted by Crippen LogP contribution is 2.33. The summed E-state index contributed by atoms with van der Waals surface area (Å²) in [6, 6.07) is -0.887. The largest absolute Gasteiger partial charge is 0.394 e. The number of aliphatic hydroxyl groups excluding tert-OH is 11. The SMILES string of the molecule is CCCCCCCC/C=C\CCCCCCCCCC(=O)NC(COC1OC(CO)C(OC2OC(CO)C(OC3OC(CO)C(O)C(O)C3O)C(O)C2O)C(O)C1O)C(O)CCCCCCCCCCCCCCCCCCCCCCCCCCCCC. The van der Waals surface area contributed by atoms with Crippen molar-refractivity contribution in [3.63, 3.8) is 0 Å². The minimum Gasteiger partial charge on any atom is -0.394 e. The Bertz CT molecular complexity index is 1670. The summed E-state index contributed by atoms with van der Waals surface area (Å²) < 4.78 is 34.4. The lowest BCUT2D eigenvalue weighted by Crippen LogP contribution is -2.66. The Morgan fingerprint density at radius 3 is 1.09 bits per heavy atom. The van der Waals surface area contributed by atoms with Crippen LogP contribution in [0.25, 0.3) is 0 Å². The number of amides is 1. The average molecular weight is 1280 g/mol. The van der Waals surface area contributed by atoms with Crippen LogP contribution in [0.5, 0.6) is 0 Å². The molecule has 0 aromatic rings. The van der Waals surface area contributed by atoms with Gasteiger partial charge in [-0.2, -0.15) is 0 Å². The summed E-state index contributed by atoms with van der Waals surface area (Å²) in [7, 11) is 0. The predicted octanol–water partition coefficient (Wildman–Crippen LogP) is 10.1. The van der Waals surface area contributed by atoms with Crippen molar-refractivity contribution in [2.75, 3.05) is 26.4 Å². The van der Waals surface area contributed by atoms with Crippen LogP contribution in [0.2, 0.25) is 0 Å². The number of allylic oxidation sites excluding steroid dienone is 2. The third kappa shape index (κ3) is 34.7. The normalized spacial score (nSPS) is 28.2. The van der Waals surface area contributed by atoms with Crippen LogP contribution in [0.3, 0.4) is 0 Å². The fourth-order valence-electron chi connectivity index (χ4n) is 12.7. The Hall–Kier alpha value is -1.47. The Morgan fingerprint density at radius 2 is 0.708 bits per heavy atom. The lowest BCUT2D eigenvalue weighted by atomic mass is 9.96. The van der Waals surface area contributed by atoms with Gasteiger partial charge in [0.15, 0.2) is 18.9 Å². The minimum absolute atomic E-state index is 0.243. The van der Waals surface area contributed by atoms with Crippen molar-refractivity contribution in [1.29, 1.82) is 0 Å². The molecule has 3 rings (SSSR count). The van der Waals surface area contributed by atoms with Gasteiger partial charge in [0.2, 0.25) is 5.91 Å². The topological polar surface area (TPSA) is 307 Å². The van der Waals surface area contributed by atoms with E-state index >= 15 is 0 Å². The van der Waals surface area contributed by atoms with Gasteiger partial charge in [0.1, 0.15) is 73.2 Å². The molecule has 0 saturated carbocycles. The highest BCUT2D eigenvalue weighted by Gasteiger charge is 2.53. The molecule has 19 nitrogen and oxygen atoms in total. The summed E-state index contributed by atoms with van der Waals surface area (Å²) in [5.74, 6) is -0.243. The summed E-state index contributed by atoms with van der Waals surface area (Å²) in [6.45, 7) is 1.83.